The van der Waals surface area contributed by atoms with E-state index < -0.39 is 0 Å². The summed E-state index contributed by atoms with van der Waals surface area (Å²) < 4.78 is 2.07. The van der Waals surface area contributed by atoms with E-state index in [9.17, 15) is 0 Å². The minimum absolute atomic E-state index is 0.227. The van der Waals surface area contributed by atoms with Crippen molar-refractivity contribution < 1.29 is 0 Å². The van der Waals surface area contributed by atoms with Crippen LogP contribution in [0.1, 0.15) is 19.7 Å². The van der Waals surface area contributed by atoms with Gasteiger partial charge in [-0.25, -0.2) is 4.98 Å². The number of imidazole rings is 1. The Bertz CT molecular complexity index is 583. The Morgan fingerprint density at radius 1 is 1.45 bits per heavy atom. The molecule has 1 aliphatic heterocycles. The molecule has 1 aromatic rings. The molecule has 0 aromatic carbocycles. The fourth-order valence-electron chi connectivity index (χ4n) is 2.63. The Balaban J connectivity index is 2.19. The third kappa shape index (κ3) is 3.57. The van der Waals surface area contributed by atoms with Gasteiger partial charge in [-0.05, 0) is 6.92 Å². The number of aromatic nitrogens is 2. The fraction of sp³-hybridized carbons (Fsp3) is 0.500. The third-order valence-corrected chi connectivity index (χ3v) is 4.10. The van der Waals surface area contributed by atoms with Gasteiger partial charge in [0.1, 0.15) is 5.82 Å². The van der Waals surface area contributed by atoms with E-state index in [1.165, 1.54) is 5.57 Å². The summed E-state index contributed by atoms with van der Waals surface area (Å²) in [6, 6.07) is 0.227. The summed E-state index contributed by atoms with van der Waals surface area (Å²) in [6.07, 6.45) is 5.93. The van der Waals surface area contributed by atoms with E-state index >= 15 is 0 Å². The molecule has 6 nitrogen and oxygen atoms in total. The minimum atomic E-state index is 0.227. The highest BCUT2D eigenvalue weighted by Crippen LogP contribution is 2.16. The molecule has 1 aromatic heterocycles. The number of rotatable bonds is 6. The quantitative estimate of drug-likeness (QED) is 0.691. The van der Waals surface area contributed by atoms with Crippen molar-refractivity contribution in [2.75, 3.05) is 20.6 Å². The summed E-state index contributed by atoms with van der Waals surface area (Å²) in [5.74, 6) is 2.10. The average molecular weight is 302 g/mol. The number of hydrogen-bond donors (Lipinski definition) is 3. The van der Waals surface area contributed by atoms with Gasteiger partial charge in [0.15, 0.2) is 0 Å². The van der Waals surface area contributed by atoms with Gasteiger partial charge in [-0.3, -0.25) is 4.99 Å². The first-order valence-corrected chi connectivity index (χ1v) is 7.60. The standard InChI is InChI=1S/C16H26N6/c1-11(12(2)21-13(3)17-4)16(18-5)14-8-19-9-15-20-6-7-22(15)10-14/h6-7,10-12,17,19,21H,3,8-9H2,1-2,4-5H3/b18-16+. The van der Waals surface area contributed by atoms with Crippen molar-refractivity contribution in [3.63, 3.8) is 0 Å². The summed E-state index contributed by atoms with van der Waals surface area (Å²) >= 11 is 0. The second-order valence-electron chi connectivity index (χ2n) is 5.57. The van der Waals surface area contributed by atoms with Crippen LogP contribution in [0.25, 0.3) is 6.20 Å². The molecule has 0 radical (unpaired) electrons. The van der Waals surface area contributed by atoms with Crippen LogP contribution in [-0.4, -0.2) is 41.9 Å². The first kappa shape index (κ1) is 16.3. The van der Waals surface area contributed by atoms with Crippen LogP contribution in [0.3, 0.4) is 0 Å². The molecule has 0 saturated heterocycles. The number of hydrogen-bond acceptors (Lipinski definition) is 5. The molecule has 2 rings (SSSR count). The van der Waals surface area contributed by atoms with E-state index in [4.69, 9.17) is 0 Å². The number of nitrogens with zero attached hydrogens (tertiary/aromatic N) is 3. The molecule has 0 saturated carbocycles. The normalized spacial score (nSPS) is 17.8. The van der Waals surface area contributed by atoms with Crippen LogP contribution in [0, 0.1) is 5.92 Å². The van der Waals surface area contributed by atoms with E-state index in [-0.39, 0.29) is 12.0 Å². The van der Waals surface area contributed by atoms with E-state index in [2.05, 4.69) is 57.1 Å². The van der Waals surface area contributed by atoms with Crippen molar-refractivity contribution in [3.05, 3.63) is 36.2 Å². The zero-order chi connectivity index (χ0) is 16.1. The highest BCUT2D eigenvalue weighted by molar-refractivity contribution is 6.04. The lowest BCUT2D eigenvalue weighted by Crippen LogP contribution is -2.39. The SMILES string of the molecule is C=C(NC)NC(C)C(C)/C(=N\C)C1=Cn2ccnc2CNC1. The van der Waals surface area contributed by atoms with Crippen LogP contribution >= 0.6 is 0 Å². The average Bonchev–Trinajstić information content (AvgIpc) is 2.85. The van der Waals surface area contributed by atoms with Crippen LogP contribution in [0.5, 0.6) is 0 Å². The van der Waals surface area contributed by atoms with Gasteiger partial charge in [0, 0.05) is 62.5 Å². The van der Waals surface area contributed by atoms with Crippen LogP contribution in [0.4, 0.5) is 0 Å². The lowest BCUT2D eigenvalue weighted by atomic mass is 9.92. The Morgan fingerprint density at radius 2 is 2.23 bits per heavy atom. The molecule has 0 spiro atoms. The van der Waals surface area contributed by atoms with E-state index in [1.807, 2.05) is 26.5 Å². The molecule has 0 bridgehead atoms. The van der Waals surface area contributed by atoms with Crippen molar-refractivity contribution in [1.82, 2.24) is 25.5 Å². The first-order chi connectivity index (χ1) is 10.6. The highest BCUT2D eigenvalue weighted by Gasteiger charge is 2.22. The topological polar surface area (TPSA) is 66.3 Å². The van der Waals surface area contributed by atoms with Crippen molar-refractivity contribution in [3.8, 4) is 0 Å². The molecule has 22 heavy (non-hydrogen) atoms. The zero-order valence-corrected chi connectivity index (χ0v) is 13.8. The van der Waals surface area contributed by atoms with Crippen LogP contribution in [0.15, 0.2) is 35.4 Å². The molecule has 2 atom stereocenters. The second kappa shape index (κ2) is 7.26. The maximum absolute atomic E-state index is 4.55. The summed E-state index contributed by atoms with van der Waals surface area (Å²) in [6.45, 7) is 9.82. The number of fused-ring (bicyclic) bond motifs is 1. The van der Waals surface area contributed by atoms with Crippen molar-refractivity contribution in [1.29, 1.82) is 0 Å². The zero-order valence-electron chi connectivity index (χ0n) is 13.8. The Kier molecular flexibility index (Phi) is 5.38. The molecule has 1 aliphatic rings. The molecule has 3 N–H and O–H groups in total. The largest absolute Gasteiger partial charge is 0.375 e. The monoisotopic (exact) mass is 302 g/mol. The first-order valence-electron chi connectivity index (χ1n) is 7.60. The van der Waals surface area contributed by atoms with E-state index in [0.29, 0.717) is 0 Å². The summed E-state index contributed by atoms with van der Waals surface area (Å²) in [5, 5.41) is 9.80. The molecule has 120 valence electrons. The van der Waals surface area contributed by atoms with Gasteiger partial charge in [-0.15, -0.1) is 0 Å². The van der Waals surface area contributed by atoms with Gasteiger partial charge < -0.3 is 20.5 Å². The molecule has 2 unspecified atom stereocenters. The van der Waals surface area contributed by atoms with Crippen molar-refractivity contribution in [2.24, 2.45) is 10.9 Å². The number of nitrogens with one attached hydrogen (secondary N) is 3. The van der Waals surface area contributed by atoms with Gasteiger partial charge in [-0.1, -0.05) is 13.5 Å². The van der Waals surface area contributed by atoms with Crippen molar-refractivity contribution >= 4 is 11.9 Å². The van der Waals surface area contributed by atoms with Crippen LogP contribution in [0.2, 0.25) is 0 Å². The molecule has 0 amide bonds. The van der Waals surface area contributed by atoms with E-state index in [1.54, 1.807) is 0 Å². The Hall–Kier alpha value is -2.08. The molecule has 6 heteroatoms. The summed E-state index contributed by atoms with van der Waals surface area (Å²) in [7, 11) is 3.71. The molecular formula is C16H26N6. The van der Waals surface area contributed by atoms with Gasteiger partial charge in [0.25, 0.3) is 0 Å². The molecule has 2 heterocycles. The third-order valence-electron chi connectivity index (χ3n) is 4.10. The predicted octanol–water partition coefficient (Wildman–Crippen LogP) is 1.20. The lowest BCUT2D eigenvalue weighted by Gasteiger charge is -2.26. The van der Waals surface area contributed by atoms with Gasteiger partial charge in [-0.2, -0.15) is 0 Å². The summed E-state index contributed by atoms with van der Waals surface area (Å²) in [5.41, 5.74) is 2.29. The van der Waals surface area contributed by atoms with Crippen LogP contribution < -0.4 is 16.0 Å². The van der Waals surface area contributed by atoms with Crippen molar-refractivity contribution in [2.45, 2.75) is 26.4 Å². The van der Waals surface area contributed by atoms with Gasteiger partial charge in [0.05, 0.1) is 12.4 Å². The van der Waals surface area contributed by atoms with Gasteiger partial charge in [0.2, 0.25) is 0 Å². The molecular weight excluding hydrogens is 276 g/mol. The molecule has 0 aliphatic carbocycles. The molecule has 0 fully saturated rings. The maximum atomic E-state index is 4.55. The fourth-order valence-corrected chi connectivity index (χ4v) is 2.63. The second-order valence-corrected chi connectivity index (χ2v) is 5.57. The van der Waals surface area contributed by atoms with Gasteiger partial charge >= 0.3 is 0 Å². The smallest absolute Gasteiger partial charge is 0.126 e. The Morgan fingerprint density at radius 3 is 2.91 bits per heavy atom. The summed E-state index contributed by atoms with van der Waals surface area (Å²) in [4.78, 5) is 8.90. The van der Waals surface area contributed by atoms with Crippen LogP contribution in [-0.2, 0) is 6.54 Å². The maximum Gasteiger partial charge on any atom is 0.126 e. The predicted molar refractivity (Wildman–Crippen MR) is 91.5 cm³/mol. The minimum Gasteiger partial charge on any atom is -0.375 e. The number of aliphatic imine (C=N–C) groups is 1. The highest BCUT2D eigenvalue weighted by atomic mass is 15.1. The van der Waals surface area contributed by atoms with E-state index in [0.717, 1.165) is 30.4 Å². The Labute approximate surface area is 132 Å². The lowest BCUT2D eigenvalue weighted by molar-refractivity contribution is 0.509.